The molecule has 3 rings (SSSR count). The minimum absolute atomic E-state index is 1.03. The van der Waals surface area contributed by atoms with Crippen LogP contribution in [-0.2, 0) is 0 Å². The van der Waals surface area contributed by atoms with Crippen LogP contribution < -0.4 is 0 Å². The molecule has 0 bridgehead atoms. The molecule has 0 aliphatic rings. The molecule has 0 saturated carbocycles. The van der Waals surface area contributed by atoms with Crippen LogP contribution >= 0.6 is 0 Å². The molecule has 0 aliphatic carbocycles. The second-order valence-electron chi connectivity index (χ2n) is 3.53. The Kier molecular flexibility index (Phi) is 6.82. The molecule has 18 heavy (non-hydrogen) atoms. The second kappa shape index (κ2) is 8.87. The van der Waals surface area contributed by atoms with Crippen molar-refractivity contribution in [1.29, 1.82) is 0 Å². The summed E-state index contributed by atoms with van der Waals surface area (Å²) in [5.74, 6) is 0. The van der Waals surface area contributed by atoms with Crippen LogP contribution in [0.25, 0.3) is 11.0 Å². The molecule has 0 radical (unpaired) electrons. The molecule has 2 aromatic heterocycles. The van der Waals surface area contributed by atoms with Crippen molar-refractivity contribution in [2.45, 2.75) is 20.3 Å². The molecule has 0 amide bonds. The van der Waals surface area contributed by atoms with Gasteiger partial charge in [0.1, 0.15) is 6.33 Å². The van der Waals surface area contributed by atoms with E-state index in [9.17, 15) is 0 Å². The lowest BCUT2D eigenvalue weighted by Crippen LogP contribution is -1.66. The fourth-order valence-corrected chi connectivity index (χ4v) is 1.13. The van der Waals surface area contributed by atoms with Crippen LogP contribution in [0.5, 0.6) is 0 Å². The van der Waals surface area contributed by atoms with Gasteiger partial charge in [0.25, 0.3) is 0 Å². The summed E-state index contributed by atoms with van der Waals surface area (Å²) in [7, 11) is 0. The van der Waals surface area contributed by atoms with Crippen molar-refractivity contribution in [1.82, 2.24) is 19.9 Å². The maximum absolute atomic E-state index is 4.06. The van der Waals surface area contributed by atoms with Gasteiger partial charge in [-0.15, -0.1) is 0 Å². The molecular weight excluding hydrogens is 224 g/mol. The molecule has 1 aromatic carbocycles. The average Bonchev–Trinajstić information content (AvgIpc) is 2.91. The number of benzene rings is 1. The van der Waals surface area contributed by atoms with Gasteiger partial charge in [-0.2, -0.15) is 0 Å². The Balaban J connectivity index is 0.000000157. The van der Waals surface area contributed by atoms with E-state index in [4.69, 9.17) is 0 Å². The maximum atomic E-state index is 4.06. The van der Waals surface area contributed by atoms with Gasteiger partial charge < -0.3 is 4.98 Å². The van der Waals surface area contributed by atoms with E-state index < -0.39 is 0 Å². The topological polar surface area (TPSA) is 54.5 Å². The van der Waals surface area contributed by atoms with Crippen LogP contribution in [-0.4, -0.2) is 19.9 Å². The maximum Gasteiger partial charge on any atom is 0.115 e. The normalized spacial score (nSPS) is 8.78. The Hall–Kier alpha value is -2.23. The summed E-state index contributed by atoms with van der Waals surface area (Å²) in [5, 5.41) is 0. The van der Waals surface area contributed by atoms with E-state index in [1.54, 1.807) is 24.8 Å². The van der Waals surface area contributed by atoms with E-state index in [-0.39, 0.29) is 0 Å². The van der Waals surface area contributed by atoms with Gasteiger partial charge in [0.2, 0.25) is 0 Å². The van der Waals surface area contributed by atoms with Gasteiger partial charge in [0.15, 0.2) is 0 Å². The zero-order valence-electron chi connectivity index (χ0n) is 10.7. The minimum atomic E-state index is 1.03. The van der Waals surface area contributed by atoms with E-state index >= 15 is 0 Å². The quantitative estimate of drug-likeness (QED) is 0.657. The summed E-state index contributed by atoms with van der Waals surface area (Å²) < 4.78 is 0. The van der Waals surface area contributed by atoms with Gasteiger partial charge in [0, 0.05) is 12.4 Å². The van der Waals surface area contributed by atoms with Crippen molar-refractivity contribution in [3.05, 3.63) is 55.4 Å². The van der Waals surface area contributed by atoms with Crippen molar-refractivity contribution >= 4 is 11.0 Å². The minimum Gasteiger partial charge on any atom is -0.345 e. The lowest BCUT2D eigenvalue weighted by Gasteiger charge is -1.81. The van der Waals surface area contributed by atoms with Crippen molar-refractivity contribution in [2.75, 3.05) is 0 Å². The molecular formula is C14H18N4. The molecule has 0 fully saturated rings. The Morgan fingerprint density at radius 3 is 2.17 bits per heavy atom. The van der Waals surface area contributed by atoms with Crippen molar-refractivity contribution < 1.29 is 0 Å². The fraction of sp³-hybridized carbons (Fsp3) is 0.214. The first kappa shape index (κ1) is 13.8. The predicted molar refractivity (Wildman–Crippen MR) is 74.1 cm³/mol. The van der Waals surface area contributed by atoms with E-state index in [2.05, 4.69) is 33.8 Å². The molecule has 0 unspecified atom stereocenters. The summed E-state index contributed by atoms with van der Waals surface area (Å²) in [5.41, 5.74) is 2.12. The first-order valence-corrected chi connectivity index (χ1v) is 5.96. The molecule has 0 saturated heterocycles. The molecule has 0 aliphatic heterocycles. The number of hydrogen-bond donors (Lipinski definition) is 1. The van der Waals surface area contributed by atoms with Gasteiger partial charge in [-0.1, -0.05) is 32.4 Å². The molecule has 0 atom stereocenters. The number of nitrogens with zero attached hydrogens (tertiary/aromatic N) is 3. The van der Waals surface area contributed by atoms with Crippen molar-refractivity contribution in [2.24, 2.45) is 0 Å². The molecule has 94 valence electrons. The number of para-hydroxylation sites is 2. The number of rotatable bonds is 0. The largest absolute Gasteiger partial charge is 0.345 e. The lowest BCUT2D eigenvalue weighted by atomic mass is 10.3. The number of aromatic amines is 1. The molecule has 4 nitrogen and oxygen atoms in total. The number of imidazole rings is 1. The average molecular weight is 242 g/mol. The highest BCUT2D eigenvalue weighted by molar-refractivity contribution is 5.73. The van der Waals surface area contributed by atoms with Gasteiger partial charge in [-0.05, 0) is 18.2 Å². The third-order valence-electron chi connectivity index (χ3n) is 1.81. The van der Waals surface area contributed by atoms with Crippen molar-refractivity contribution in [3.63, 3.8) is 0 Å². The fourth-order valence-electron chi connectivity index (χ4n) is 1.13. The summed E-state index contributed by atoms with van der Waals surface area (Å²) in [6.45, 7) is 4.25. The molecule has 4 heteroatoms. The van der Waals surface area contributed by atoms with Crippen LogP contribution in [0.3, 0.4) is 0 Å². The Labute approximate surface area is 107 Å². The van der Waals surface area contributed by atoms with E-state index in [0.29, 0.717) is 0 Å². The first-order valence-electron chi connectivity index (χ1n) is 5.96. The number of H-pyrrole nitrogens is 1. The number of aromatic nitrogens is 4. The SMILES string of the molecule is CCC.c1ccc2[nH]cnc2c1.c1cncnc1. The Morgan fingerprint density at radius 1 is 1.00 bits per heavy atom. The molecule has 0 spiro atoms. The predicted octanol–water partition coefficient (Wildman–Crippen LogP) is 3.46. The lowest BCUT2D eigenvalue weighted by molar-refractivity contribution is 1.09. The third kappa shape index (κ3) is 5.21. The van der Waals surface area contributed by atoms with Crippen LogP contribution in [0.4, 0.5) is 0 Å². The summed E-state index contributed by atoms with van der Waals surface area (Å²) in [6.07, 6.45) is 7.82. The summed E-state index contributed by atoms with van der Waals surface area (Å²) >= 11 is 0. The Morgan fingerprint density at radius 2 is 1.67 bits per heavy atom. The second-order valence-corrected chi connectivity index (χ2v) is 3.53. The zero-order chi connectivity index (χ0) is 13.1. The molecule has 3 aromatic rings. The van der Waals surface area contributed by atoms with Gasteiger partial charge in [0.05, 0.1) is 17.4 Å². The van der Waals surface area contributed by atoms with E-state index in [0.717, 1.165) is 11.0 Å². The standard InChI is InChI=1S/C7H6N2.C4H4N2.C3H8/c1-2-4-7-6(3-1)8-5-9-7;1-2-5-4-6-3-1;1-3-2/h1-5H,(H,8,9);1-4H;3H2,1-2H3. The van der Waals surface area contributed by atoms with E-state index in [1.165, 1.54) is 12.7 Å². The van der Waals surface area contributed by atoms with Crippen LogP contribution in [0.1, 0.15) is 20.3 Å². The molecule has 2 heterocycles. The van der Waals surface area contributed by atoms with Gasteiger partial charge in [-0.25, -0.2) is 15.0 Å². The van der Waals surface area contributed by atoms with Crippen LogP contribution in [0, 0.1) is 0 Å². The first-order chi connectivity index (χ1) is 8.88. The highest BCUT2D eigenvalue weighted by atomic mass is 14.9. The number of fused-ring (bicyclic) bond motifs is 1. The monoisotopic (exact) mass is 242 g/mol. The van der Waals surface area contributed by atoms with Gasteiger partial charge in [-0.3, -0.25) is 0 Å². The van der Waals surface area contributed by atoms with Crippen LogP contribution in [0.15, 0.2) is 55.4 Å². The number of nitrogens with one attached hydrogen (secondary N) is 1. The van der Waals surface area contributed by atoms with E-state index in [1.807, 2.05) is 24.3 Å². The number of hydrogen-bond acceptors (Lipinski definition) is 3. The van der Waals surface area contributed by atoms with Crippen LogP contribution in [0.2, 0.25) is 0 Å². The smallest absolute Gasteiger partial charge is 0.115 e. The molecule has 1 N–H and O–H groups in total. The highest BCUT2D eigenvalue weighted by Gasteiger charge is 1.88. The third-order valence-corrected chi connectivity index (χ3v) is 1.81. The summed E-state index contributed by atoms with van der Waals surface area (Å²) in [4.78, 5) is 14.4. The zero-order valence-corrected chi connectivity index (χ0v) is 10.7. The van der Waals surface area contributed by atoms with Crippen molar-refractivity contribution in [3.8, 4) is 0 Å². The van der Waals surface area contributed by atoms with Gasteiger partial charge >= 0.3 is 0 Å². The summed E-state index contributed by atoms with van der Waals surface area (Å²) in [6, 6.07) is 9.72. The Bertz CT molecular complexity index is 462. The highest BCUT2D eigenvalue weighted by Crippen LogP contribution is 2.05.